The summed E-state index contributed by atoms with van der Waals surface area (Å²) in [6.07, 6.45) is 3.54. The number of hydrogen-bond donors (Lipinski definition) is 1. The number of allylic oxidation sites excluding steroid dienone is 2. The van der Waals surface area contributed by atoms with Crippen LogP contribution in [-0.4, -0.2) is 6.54 Å². The average Bonchev–Trinajstić information content (AvgIpc) is 2.20. The molecule has 10 heavy (non-hydrogen) atoms. The van der Waals surface area contributed by atoms with Crippen molar-refractivity contribution in [2.75, 3.05) is 6.54 Å². The molecule has 1 heteroatoms. The third-order valence-electron chi connectivity index (χ3n) is 2.54. The molecule has 2 bridgehead atoms. The lowest BCUT2D eigenvalue weighted by Crippen LogP contribution is -2.09. The van der Waals surface area contributed by atoms with Crippen LogP contribution in [0, 0.1) is 5.92 Å². The Morgan fingerprint density at radius 3 is 3.00 bits per heavy atom. The molecule has 1 aliphatic carbocycles. The highest BCUT2D eigenvalue weighted by Gasteiger charge is 2.24. The number of hydrogen-bond acceptors (Lipinski definition) is 1. The fourth-order valence-electron chi connectivity index (χ4n) is 1.83. The van der Waals surface area contributed by atoms with Gasteiger partial charge in [-0.1, -0.05) is 5.57 Å². The van der Waals surface area contributed by atoms with E-state index in [0.29, 0.717) is 0 Å². The van der Waals surface area contributed by atoms with Gasteiger partial charge in [0.1, 0.15) is 0 Å². The van der Waals surface area contributed by atoms with E-state index in [-0.39, 0.29) is 0 Å². The van der Waals surface area contributed by atoms with E-state index in [4.69, 9.17) is 0 Å². The summed E-state index contributed by atoms with van der Waals surface area (Å²) in [5, 5.41) is 3.40. The van der Waals surface area contributed by atoms with Crippen LogP contribution in [-0.2, 0) is 0 Å². The number of nitrogens with one attached hydrogen (secondary N) is 1. The zero-order valence-corrected chi connectivity index (χ0v) is 6.57. The molecule has 1 N–H and O–H groups in total. The fourth-order valence-corrected chi connectivity index (χ4v) is 1.83. The molecule has 0 amide bonds. The molecular weight excluding hydrogens is 122 g/mol. The van der Waals surface area contributed by atoms with Gasteiger partial charge in [-0.05, 0) is 31.9 Å². The second-order valence-electron chi connectivity index (χ2n) is 3.37. The SMILES string of the molecule is CC1=CC2=C(C)[C@@H](CN2)C1. The molecule has 0 saturated carbocycles. The molecule has 1 heterocycles. The Morgan fingerprint density at radius 1 is 1.50 bits per heavy atom. The number of rotatable bonds is 0. The zero-order valence-electron chi connectivity index (χ0n) is 6.57. The second kappa shape index (κ2) is 1.88. The lowest BCUT2D eigenvalue weighted by Gasteiger charge is -2.13. The molecule has 0 unspecified atom stereocenters. The molecule has 0 saturated heterocycles. The maximum absolute atomic E-state index is 3.40. The van der Waals surface area contributed by atoms with Crippen LogP contribution < -0.4 is 5.32 Å². The average molecular weight is 135 g/mol. The molecule has 0 fully saturated rings. The van der Waals surface area contributed by atoms with Gasteiger partial charge in [-0.2, -0.15) is 0 Å². The second-order valence-corrected chi connectivity index (χ2v) is 3.37. The van der Waals surface area contributed by atoms with E-state index in [0.717, 1.165) is 12.5 Å². The first-order chi connectivity index (χ1) is 4.77. The topological polar surface area (TPSA) is 12.0 Å². The van der Waals surface area contributed by atoms with Gasteiger partial charge in [-0.25, -0.2) is 0 Å². The van der Waals surface area contributed by atoms with Crippen LogP contribution in [0.3, 0.4) is 0 Å². The molecule has 0 spiro atoms. The van der Waals surface area contributed by atoms with Gasteiger partial charge < -0.3 is 5.32 Å². The van der Waals surface area contributed by atoms with Gasteiger partial charge in [0, 0.05) is 18.2 Å². The first-order valence-corrected chi connectivity index (χ1v) is 3.89. The van der Waals surface area contributed by atoms with Gasteiger partial charge in [0.25, 0.3) is 0 Å². The fraction of sp³-hybridized carbons (Fsp3) is 0.556. The lowest BCUT2D eigenvalue weighted by molar-refractivity contribution is 0.627. The van der Waals surface area contributed by atoms with Crippen LogP contribution in [0.1, 0.15) is 20.3 Å². The molecule has 54 valence electrons. The Hall–Kier alpha value is -0.720. The summed E-state index contributed by atoms with van der Waals surface area (Å²) < 4.78 is 0. The molecule has 0 radical (unpaired) electrons. The van der Waals surface area contributed by atoms with E-state index in [1.165, 1.54) is 17.7 Å². The van der Waals surface area contributed by atoms with Crippen LogP contribution >= 0.6 is 0 Å². The van der Waals surface area contributed by atoms with Crippen LogP contribution in [0.4, 0.5) is 0 Å². The normalized spacial score (nSPS) is 30.2. The van der Waals surface area contributed by atoms with Crippen molar-refractivity contribution in [3.05, 3.63) is 22.9 Å². The van der Waals surface area contributed by atoms with Gasteiger partial charge >= 0.3 is 0 Å². The maximum atomic E-state index is 3.40. The smallest absolute Gasteiger partial charge is 0.0332 e. The molecule has 1 aliphatic heterocycles. The first kappa shape index (κ1) is 6.02. The Bertz CT molecular complexity index is 223. The highest BCUT2D eigenvalue weighted by atomic mass is 14.9. The number of fused-ring (bicyclic) bond motifs is 1. The first-order valence-electron chi connectivity index (χ1n) is 3.89. The molecule has 1 atom stereocenters. The van der Waals surface area contributed by atoms with Crippen molar-refractivity contribution in [2.24, 2.45) is 5.92 Å². The summed E-state index contributed by atoms with van der Waals surface area (Å²) in [6.45, 7) is 5.62. The van der Waals surface area contributed by atoms with Gasteiger partial charge in [-0.3, -0.25) is 0 Å². The quantitative estimate of drug-likeness (QED) is 0.534. The summed E-state index contributed by atoms with van der Waals surface area (Å²) in [7, 11) is 0. The van der Waals surface area contributed by atoms with Gasteiger partial charge in [0.15, 0.2) is 0 Å². The van der Waals surface area contributed by atoms with Crippen molar-refractivity contribution in [3.8, 4) is 0 Å². The lowest BCUT2D eigenvalue weighted by atomic mass is 9.90. The van der Waals surface area contributed by atoms with Crippen molar-refractivity contribution in [2.45, 2.75) is 20.3 Å². The van der Waals surface area contributed by atoms with Crippen molar-refractivity contribution in [3.63, 3.8) is 0 Å². The van der Waals surface area contributed by atoms with Crippen LogP contribution in [0.15, 0.2) is 22.9 Å². The van der Waals surface area contributed by atoms with Crippen molar-refractivity contribution >= 4 is 0 Å². The van der Waals surface area contributed by atoms with E-state index in [1.54, 1.807) is 5.57 Å². The predicted octanol–water partition coefficient (Wildman–Crippen LogP) is 1.83. The van der Waals surface area contributed by atoms with E-state index < -0.39 is 0 Å². The van der Waals surface area contributed by atoms with Crippen molar-refractivity contribution < 1.29 is 0 Å². The molecule has 2 rings (SSSR count). The third kappa shape index (κ3) is 0.698. The Balaban J connectivity index is 2.39. The highest BCUT2D eigenvalue weighted by Crippen LogP contribution is 2.31. The molecular formula is C9H13N. The van der Waals surface area contributed by atoms with Crippen LogP contribution in [0.2, 0.25) is 0 Å². The van der Waals surface area contributed by atoms with Gasteiger partial charge in [0.05, 0.1) is 0 Å². The largest absolute Gasteiger partial charge is 0.384 e. The van der Waals surface area contributed by atoms with Crippen LogP contribution in [0.25, 0.3) is 0 Å². The maximum Gasteiger partial charge on any atom is 0.0332 e. The molecule has 0 aromatic rings. The Morgan fingerprint density at radius 2 is 2.30 bits per heavy atom. The molecule has 0 aromatic heterocycles. The summed E-state index contributed by atoms with van der Waals surface area (Å²) in [4.78, 5) is 0. The minimum atomic E-state index is 0.806. The monoisotopic (exact) mass is 135 g/mol. The highest BCUT2D eigenvalue weighted by molar-refractivity contribution is 5.36. The summed E-state index contributed by atoms with van der Waals surface area (Å²) in [6, 6.07) is 0. The predicted molar refractivity (Wildman–Crippen MR) is 42.6 cm³/mol. The molecule has 2 aliphatic rings. The minimum Gasteiger partial charge on any atom is -0.384 e. The van der Waals surface area contributed by atoms with Gasteiger partial charge in [-0.15, -0.1) is 0 Å². The van der Waals surface area contributed by atoms with Gasteiger partial charge in [0.2, 0.25) is 0 Å². The van der Waals surface area contributed by atoms with Crippen molar-refractivity contribution in [1.29, 1.82) is 0 Å². The Kier molecular flexibility index (Phi) is 1.13. The summed E-state index contributed by atoms with van der Waals surface area (Å²) in [5.74, 6) is 0.806. The summed E-state index contributed by atoms with van der Waals surface area (Å²) >= 11 is 0. The van der Waals surface area contributed by atoms with E-state index in [2.05, 4.69) is 25.2 Å². The Labute approximate surface area is 61.8 Å². The molecule has 1 nitrogen and oxygen atoms in total. The van der Waals surface area contributed by atoms with E-state index in [1.807, 2.05) is 0 Å². The van der Waals surface area contributed by atoms with E-state index in [9.17, 15) is 0 Å². The third-order valence-corrected chi connectivity index (χ3v) is 2.54. The minimum absolute atomic E-state index is 0.806. The van der Waals surface area contributed by atoms with E-state index >= 15 is 0 Å². The molecule has 0 aromatic carbocycles. The van der Waals surface area contributed by atoms with Crippen LogP contribution in [0.5, 0.6) is 0 Å². The standard InChI is InChI=1S/C9H13N/c1-6-3-8-5-10-9(4-6)7(8)2/h4,8,10H,3,5H2,1-2H3/t8-/m1/s1. The summed E-state index contributed by atoms with van der Waals surface area (Å²) in [5.41, 5.74) is 4.47. The van der Waals surface area contributed by atoms with Crippen molar-refractivity contribution in [1.82, 2.24) is 5.32 Å². The zero-order chi connectivity index (χ0) is 7.14.